The lowest BCUT2D eigenvalue weighted by atomic mass is 9.99. The Kier molecular flexibility index (Phi) is 27.8. The van der Waals surface area contributed by atoms with E-state index in [4.69, 9.17) is 49.5 Å². The summed E-state index contributed by atoms with van der Waals surface area (Å²) < 4.78 is 85.2. The summed E-state index contributed by atoms with van der Waals surface area (Å²) in [5.41, 5.74) is 7.54. The minimum atomic E-state index is -0.306. The first-order valence-corrected chi connectivity index (χ1v) is 27.7. The highest BCUT2D eigenvalue weighted by atomic mass is 79.9. The normalized spacial score (nSPS) is 10.3. The van der Waals surface area contributed by atoms with Crippen LogP contribution in [0.5, 0.6) is 46.0 Å². The van der Waals surface area contributed by atoms with Crippen LogP contribution in [0.25, 0.3) is 33.4 Å². The van der Waals surface area contributed by atoms with E-state index in [0.29, 0.717) is 121 Å². The largest absolute Gasteiger partial charge is 0.493 e. The summed E-state index contributed by atoms with van der Waals surface area (Å²) in [5, 5.41) is 9.36. The third-order valence-electron chi connectivity index (χ3n) is 11.3. The molecule has 0 bridgehead atoms. The lowest BCUT2D eigenvalue weighted by Gasteiger charge is -2.17. The third-order valence-corrected chi connectivity index (χ3v) is 12.4. The maximum absolute atomic E-state index is 13.2. The van der Waals surface area contributed by atoms with Gasteiger partial charge in [0, 0.05) is 17.0 Å². The van der Waals surface area contributed by atoms with E-state index >= 15 is 0 Å². The van der Waals surface area contributed by atoms with Crippen LogP contribution < -0.4 is 37.9 Å². The SMILES string of the molecule is CCOc1cc(C(C)=O)cc(OCC)c1-c1ccc(F)cc1.CCOc1cc(C(C)=O)cc(OCC)c1Br.CCOc1cc(CCl)cc(OCC)c1-c1ccc(F)cc1.CCOc1cc(CO)cc(OCC)c1-c1ccc(F)cc1. The van der Waals surface area contributed by atoms with Gasteiger partial charge in [0.1, 0.15) is 67.9 Å². The van der Waals surface area contributed by atoms with E-state index in [1.54, 1.807) is 72.8 Å². The van der Waals surface area contributed by atoms with Gasteiger partial charge in [-0.3, -0.25) is 9.59 Å². The molecule has 0 spiro atoms. The maximum atomic E-state index is 13.2. The Balaban J connectivity index is 0.000000231. The number of alkyl halides is 1. The molecular weight excluding hydrogens is 1120 g/mol. The van der Waals surface area contributed by atoms with E-state index in [1.165, 1.54) is 50.2 Å². The topological polar surface area (TPSA) is 128 Å². The highest BCUT2D eigenvalue weighted by Crippen LogP contribution is 2.43. The predicted molar refractivity (Wildman–Crippen MR) is 314 cm³/mol. The number of carbonyl (C=O) groups excluding carboxylic acids is 2. The molecule has 0 fully saturated rings. The molecule has 428 valence electrons. The molecule has 0 aromatic heterocycles. The molecule has 0 atom stereocenters. The van der Waals surface area contributed by atoms with Gasteiger partial charge >= 0.3 is 0 Å². The average molecular weight is 1190 g/mol. The first-order valence-electron chi connectivity index (χ1n) is 26.4. The number of hydrogen-bond acceptors (Lipinski definition) is 11. The van der Waals surface area contributed by atoms with Crippen molar-refractivity contribution in [2.24, 2.45) is 0 Å². The van der Waals surface area contributed by atoms with Gasteiger partial charge in [-0.25, -0.2) is 13.2 Å². The van der Waals surface area contributed by atoms with E-state index in [0.717, 1.165) is 43.4 Å². The van der Waals surface area contributed by atoms with Crippen molar-refractivity contribution in [2.45, 2.75) is 81.7 Å². The second-order valence-electron chi connectivity index (χ2n) is 17.0. The Bertz CT molecular complexity index is 2850. The van der Waals surface area contributed by atoms with Gasteiger partial charge < -0.3 is 43.0 Å². The number of halogens is 5. The number of benzene rings is 7. The number of aliphatic hydroxyl groups is 1. The zero-order valence-corrected chi connectivity index (χ0v) is 49.4. The first kappa shape index (κ1) is 65.3. The summed E-state index contributed by atoms with van der Waals surface area (Å²) in [5.74, 6) is 4.49. The summed E-state index contributed by atoms with van der Waals surface area (Å²) in [4.78, 5) is 23.0. The Hall–Kier alpha value is -7.20. The van der Waals surface area contributed by atoms with Crippen LogP contribution in [0.3, 0.4) is 0 Å². The van der Waals surface area contributed by atoms with Crippen LogP contribution in [0, 0.1) is 17.5 Å². The van der Waals surface area contributed by atoms with Crippen molar-refractivity contribution in [3.63, 3.8) is 0 Å². The monoisotopic (exact) mass is 1190 g/mol. The van der Waals surface area contributed by atoms with Crippen LogP contribution in [0.15, 0.2) is 126 Å². The van der Waals surface area contributed by atoms with Crippen LogP contribution in [-0.4, -0.2) is 69.5 Å². The van der Waals surface area contributed by atoms with Crippen molar-refractivity contribution in [1.82, 2.24) is 0 Å². The smallest absolute Gasteiger partial charge is 0.160 e. The number of hydrogen-bond donors (Lipinski definition) is 1. The van der Waals surface area contributed by atoms with Gasteiger partial charge in [-0.2, -0.15) is 0 Å². The number of rotatable bonds is 23. The molecule has 0 aliphatic heterocycles. The zero-order chi connectivity index (χ0) is 58.7. The number of carbonyl (C=O) groups is 2. The zero-order valence-electron chi connectivity index (χ0n) is 47.0. The highest BCUT2D eigenvalue weighted by Gasteiger charge is 2.20. The van der Waals surface area contributed by atoms with Crippen LogP contribution in [0.2, 0.25) is 0 Å². The number of ether oxygens (including phenoxy) is 8. The van der Waals surface area contributed by atoms with E-state index < -0.39 is 0 Å². The van der Waals surface area contributed by atoms with Gasteiger partial charge in [0.05, 0.1) is 76.2 Å². The minimum absolute atomic E-state index is 0.00518. The lowest BCUT2D eigenvalue weighted by Crippen LogP contribution is -2.03. The Morgan fingerprint density at radius 3 is 0.850 bits per heavy atom. The fourth-order valence-corrected chi connectivity index (χ4v) is 8.48. The van der Waals surface area contributed by atoms with E-state index in [1.807, 2.05) is 67.5 Å². The Morgan fingerprint density at radius 1 is 0.400 bits per heavy atom. The summed E-state index contributed by atoms with van der Waals surface area (Å²) >= 11 is 9.33. The molecule has 0 aliphatic carbocycles. The molecule has 1 N–H and O–H groups in total. The first-order chi connectivity index (χ1) is 38.5. The Morgan fingerprint density at radius 2 is 0.625 bits per heavy atom. The van der Waals surface area contributed by atoms with Crippen molar-refractivity contribution < 1.29 is 65.8 Å². The molecule has 7 aromatic carbocycles. The maximum Gasteiger partial charge on any atom is 0.160 e. The van der Waals surface area contributed by atoms with Gasteiger partial charge in [0.25, 0.3) is 0 Å². The van der Waals surface area contributed by atoms with Crippen molar-refractivity contribution in [3.05, 3.63) is 166 Å². The molecule has 0 unspecified atom stereocenters. The van der Waals surface area contributed by atoms with Gasteiger partial charge in [0.2, 0.25) is 0 Å². The standard InChI is InChI=1S/C18H19FO3.C17H18ClFO2.C17H19FO3.C12H15BrO3/c1-4-21-16-10-14(12(3)20)11-17(22-5-2)18(16)13-6-8-15(19)9-7-13;1-3-20-15-9-12(11-18)10-16(21-4-2)17(15)13-5-7-14(19)8-6-13;1-3-20-15-9-12(11-19)10-16(21-4-2)17(15)13-5-7-14(18)8-6-13;1-4-15-10-6-9(8(3)14)7-11(12(10)13)16-5-2/h6-11H,4-5H2,1-3H3;5-10H,3-4,11H2,1-2H3;5-10,19H,3-4,11H2,1-2H3;6-7H,4-5H2,1-3H3. The summed E-state index contributed by atoms with van der Waals surface area (Å²) in [7, 11) is 0. The van der Waals surface area contributed by atoms with Crippen LogP contribution in [0.4, 0.5) is 13.2 Å². The molecule has 7 rings (SSSR count). The van der Waals surface area contributed by atoms with Gasteiger partial charge in [-0.05, 0) is 198 Å². The Labute approximate surface area is 482 Å². The molecule has 16 heteroatoms. The molecule has 0 radical (unpaired) electrons. The van der Waals surface area contributed by atoms with Crippen molar-refractivity contribution in [3.8, 4) is 79.4 Å². The molecule has 0 saturated carbocycles. The summed E-state index contributed by atoms with van der Waals surface area (Å²) in [6.07, 6.45) is 0. The molecule has 7 aromatic rings. The highest BCUT2D eigenvalue weighted by molar-refractivity contribution is 9.10. The van der Waals surface area contributed by atoms with E-state index in [9.17, 15) is 27.9 Å². The molecule has 0 amide bonds. The lowest BCUT2D eigenvalue weighted by molar-refractivity contribution is 0.100. The second-order valence-corrected chi connectivity index (χ2v) is 18.0. The van der Waals surface area contributed by atoms with Crippen LogP contribution in [-0.2, 0) is 12.5 Å². The number of Topliss-reactive ketones (excluding diaryl/α,β-unsaturated/α-hetero) is 2. The second kappa shape index (κ2) is 34.1. The van der Waals surface area contributed by atoms with E-state index in [-0.39, 0.29) is 35.6 Å². The number of ketones is 2. The fraction of sp³-hybridized carbons (Fsp3) is 0.312. The molecular formula is C64H71BrClF3O11. The van der Waals surface area contributed by atoms with Crippen molar-refractivity contribution in [1.29, 1.82) is 0 Å². The van der Waals surface area contributed by atoms with Gasteiger partial charge in [0.15, 0.2) is 11.6 Å². The van der Waals surface area contributed by atoms with Gasteiger partial charge in [-0.1, -0.05) is 36.4 Å². The molecule has 0 heterocycles. The van der Waals surface area contributed by atoms with Crippen LogP contribution >= 0.6 is 27.5 Å². The van der Waals surface area contributed by atoms with Crippen molar-refractivity contribution >= 4 is 39.1 Å². The molecule has 11 nitrogen and oxygen atoms in total. The fourth-order valence-electron chi connectivity index (χ4n) is 7.87. The van der Waals surface area contributed by atoms with Crippen molar-refractivity contribution in [2.75, 3.05) is 52.9 Å². The number of aliphatic hydroxyl groups excluding tert-OH is 1. The van der Waals surface area contributed by atoms with Crippen LogP contribution in [0.1, 0.15) is 101 Å². The minimum Gasteiger partial charge on any atom is -0.493 e. The van der Waals surface area contributed by atoms with Gasteiger partial charge in [-0.15, -0.1) is 11.6 Å². The predicted octanol–water partition coefficient (Wildman–Crippen LogP) is 16.8. The quantitative estimate of drug-likeness (QED) is 0.0486. The average Bonchev–Trinajstić information content (AvgIpc) is 3.51. The molecule has 0 aliphatic rings. The molecule has 80 heavy (non-hydrogen) atoms. The third kappa shape index (κ3) is 19.0. The molecule has 0 saturated heterocycles. The van der Waals surface area contributed by atoms with E-state index in [2.05, 4.69) is 15.9 Å². The summed E-state index contributed by atoms with van der Waals surface area (Å²) in [6.45, 7) is 22.1. The summed E-state index contributed by atoms with van der Waals surface area (Å²) in [6, 6.07) is 32.8.